The highest BCUT2D eigenvalue weighted by atomic mass is 16.5. The molecule has 0 bridgehead atoms. The SMILES string of the molecule is COc1ncc(-c2cc(-c3c(C)nn(C)c3C)nc(N)c2C#N)cn1. The van der Waals surface area contributed by atoms with Crippen LogP contribution >= 0.6 is 0 Å². The quantitative estimate of drug-likeness (QED) is 0.778. The summed E-state index contributed by atoms with van der Waals surface area (Å²) in [5.74, 6) is 0.161. The molecular weight excluding hydrogens is 318 g/mol. The number of nitrogens with two attached hydrogens (primary N) is 1. The van der Waals surface area contributed by atoms with Crippen molar-refractivity contribution < 1.29 is 4.74 Å². The predicted octanol–water partition coefficient (Wildman–Crippen LogP) is 2.02. The monoisotopic (exact) mass is 335 g/mol. The molecule has 8 heteroatoms. The van der Waals surface area contributed by atoms with Gasteiger partial charge in [0.2, 0.25) is 0 Å². The van der Waals surface area contributed by atoms with E-state index in [0.717, 1.165) is 17.0 Å². The van der Waals surface area contributed by atoms with E-state index in [2.05, 4.69) is 26.1 Å². The standard InChI is InChI=1S/C17H17N7O/c1-9-15(10(2)24(3)23-9)14-5-12(13(6-18)16(19)22-14)11-7-20-17(25-4)21-8-11/h5,7-8H,1-4H3,(H2,19,22). The van der Waals surface area contributed by atoms with Crippen molar-refractivity contribution in [2.45, 2.75) is 13.8 Å². The van der Waals surface area contributed by atoms with E-state index in [0.29, 0.717) is 16.8 Å². The van der Waals surface area contributed by atoms with Gasteiger partial charge >= 0.3 is 6.01 Å². The van der Waals surface area contributed by atoms with E-state index in [9.17, 15) is 5.26 Å². The predicted molar refractivity (Wildman–Crippen MR) is 92.6 cm³/mol. The highest BCUT2D eigenvalue weighted by Gasteiger charge is 2.18. The molecule has 3 heterocycles. The summed E-state index contributed by atoms with van der Waals surface area (Å²) in [7, 11) is 3.36. The zero-order valence-electron chi connectivity index (χ0n) is 14.4. The molecule has 0 unspecified atom stereocenters. The number of rotatable bonds is 3. The number of methoxy groups -OCH3 is 1. The number of nitriles is 1. The molecule has 0 aliphatic heterocycles. The Balaban J connectivity index is 2.24. The molecule has 3 aromatic heterocycles. The average molecular weight is 335 g/mol. The summed E-state index contributed by atoms with van der Waals surface area (Å²) in [6, 6.07) is 4.18. The topological polar surface area (TPSA) is 116 Å². The molecule has 0 spiro atoms. The third-order valence-corrected chi connectivity index (χ3v) is 4.05. The number of nitrogens with zero attached hydrogens (tertiary/aromatic N) is 6. The maximum Gasteiger partial charge on any atom is 0.316 e. The average Bonchev–Trinajstić information content (AvgIpc) is 2.86. The van der Waals surface area contributed by atoms with E-state index >= 15 is 0 Å². The minimum absolute atomic E-state index is 0.161. The first-order valence-corrected chi connectivity index (χ1v) is 7.53. The zero-order chi connectivity index (χ0) is 18.1. The Morgan fingerprint density at radius 2 is 1.92 bits per heavy atom. The largest absolute Gasteiger partial charge is 0.467 e. The number of hydrogen-bond acceptors (Lipinski definition) is 7. The maximum absolute atomic E-state index is 9.48. The highest BCUT2D eigenvalue weighted by Crippen LogP contribution is 2.33. The van der Waals surface area contributed by atoms with Gasteiger partial charge in [-0.2, -0.15) is 10.4 Å². The molecule has 0 saturated carbocycles. The van der Waals surface area contributed by atoms with Crippen LogP contribution in [0.25, 0.3) is 22.4 Å². The normalized spacial score (nSPS) is 10.5. The van der Waals surface area contributed by atoms with Crippen molar-refractivity contribution >= 4 is 5.82 Å². The van der Waals surface area contributed by atoms with E-state index in [1.54, 1.807) is 17.1 Å². The lowest BCUT2D eigenvalue weighted by Crippen LogP contribution is -2.01. The van der Waals surface area contributed by atoms with Crippen LogP contribution in [0.1, 0.15) is 17.0 Å². The summed E-state index contributed by atoms with van der Waals surface area (Å²) in [6.45, 7) is 3.87. The molecule has 0 amide bonds. The van der Waals surface area contributed by atoms with Gasteiger partial charge in [0.15, 0.2) is 0 Å². The Kier molecular flexibility index (Phi) is 4.07. The van der Waals surface area contributed by atoms with Crippen LogP contribution in [0.15, 0.2) is 18.5 Å². The number of anilines is 1. The number of nitrogen functional groups attached to an aromatic ring is 1. The molecule has 0 aromatic carbocycles. The molecule has 25 heavy (non-hydrogen) atoms. The fraction of sp³-hybridized carbons (Fsp3) is 0.235. The first-order chi connectivity index (χ1) is 12.0. The molecule has 2 N–H and O–H groups in total. The van der Waals surface area contributed by atoms with E-state index < -0.39 is 0 Å². The van der Waals surface area contributed by atoms with Crippen LogP contribution in [0, 0.1) is 25.2 Å². The van der Waals surface area contributed by atoms with Gasteiger partial charge in [-0.3, -0.25) is 4.68 Å². The second-order valence-corrected chi connectivity index (χ2v) is 5.55. The number of aryl methyl sites for hydroxylation is 2. The summed E-state index contributed by atoms with van der Waals surface area (Å²) in [6.07, 6.45) is 3.18. The highest BCUT2D eigenvalue weighted by molar-refractivity contribution is 5.80. The van der Waals surface area contributed by atoms with Gasteiger partial charge in [0.05, 0.1) is 18.5 Å². The van der Waals surface area contributed by atoms with Crippen LogP contribution in [-0.4, -0.2) is 31.8 Å². The second-order valence-electron chi connectivity index (χ2n) is 5.55. The molecular formula is C17H17N7O. The summed E-state index contributed by atoms with van der Waals surface area (Å²) >= 11 is 0. The Bertz CT molecular complexity index is 984. The zero-order valence-corrected chi connectivity index (χ0v) is 14.4. The molecule has 126 valence electrons. The molecule has 0 aliphatic rings. The van der Waals surface area contributed by atoms with Crippen molar-refractivity contribution in [3.05, 3.63) is 35.4 Å². The molecule has 3 rings (SSSR count). The van der Waals surface area contributed by atoms with Gasteiger partial charge in [0, 0.05) is 41.8 Å². The first kappa shape index (κ1) is 16.4. The molecule has 0 saturated heterocycles. The van der Waals surface area contributed by atoms with Crippen LogP contribution in [0.4, 0.5) is 5.82 Å². The number of ether oxygens (including phenoxy) is 1. The van der Waals surface area contributed by atoms with Crippen LogP contribution in [0.3, 0.4) is 0 Å². The number of aromatic nitrogens is 5. The molecule has 8 nitrogen and oxygen atoms in total. The van der Waals surface area contributed by atoms with E-state index in [1.807, 2.05) is 27.0 Å². The van der Waals surface area contributed by atoms with Gasteiger partial charge in [-0.15, -0.1) is 0 Å². The summed E-state index contributed by atoms with van der Waals surface area (Å²) < 4.78 is 6.77. The van der Waals surface area contributed by atoms with Crippen molar-refractivity contribution in [1.82, 2.24) is 24.7 Å². The summed E-state index contributed by atoms with van der Waals surface area (Å²) in [4.78, 5) is 12.6. The van der Waals surface area contributed by atoms with E-state index in [4.69, 9.17) is 10.5 Å². The first-order valence-electron chi connectivity index (χ1n) is 7.53. The third kappa shape index (κ3) is 2.76. The van der Waals surface area contributed by atoms with Crippen LogP contribution in [0.5, 0.6) is 6.01 Å². The molecule has 0 atom stereocenters. The van der Waals surface area contributed by atoms with Crippen molar-refractivity contribution in [3.8, 4) is 34.5 Å². The third-order valence-electron chi connectivity index (χ3n) is 4.05. The van der Waals surface area contributed by atoms with Crippen molar-refractivity contribution in [2.75, 3.05) is 12.8 Å². The smallest absolute Gasteiger partial charge is 0.316 e. The Morgan fingerprint density at radius 3 is 2.44 bits per heavy atom. The van der Waals surface area contributed by atoms with Crippen molar-refractivity contribution in [3.63, 3.8) is 0 Å². The van der Waals surface area contributed by atoms with Crippen molar-refractivity contribution in [1.29, 1.82) is 5.26 Å². The van der Waals surface area contributed by atoms with Gasteiger partial charge in [0.25, 0.3) is 0 Å². The van der Waals surface area contributed by atoms with Gasteiger partial charge in [-0.1, -0.05) is 0 Å². The molecule has 0 fully saturated rings. The van der Waals surface area contributed by atoms with Gasteiger partial charge in [-0.25, -0.2) is 15.0 Å². The fourth-order valence-corrected chi connectivity index (χ4v) is 2.74. The molecule has 0 radical (unpaired) electrons. The van der Waals surface area contributed by atoms with Crippen molar-refractivity contribution in [2.24, 2.45) is 7.05 Å². The lowest BCUT2D eigenvalue weighted by molar-refractivity contribution is 0.380. The van der Waals surface area contributed by atoms with E-state index in [-0.39, 0.29) is 17.4 Å². The lowest BCUT2D eigenvalue weighted by Gasteiger charge is -2.10. The van der Waals surface area contributed by atoms with Gasteiger partial charge < -0.3 is 10.5 Å². The lowest BCUT2D eigenvalue weighted by atomic mass is 10.00. The van der Waals surface area contributed by atoms with Gasteiger partial charge in [-0.05, 0) is 19.9 Å². The summed E-state index contributed by atoms with van der Waals surface area (Å²) in [5, 5.41) is 13.9. The minimum atomic E-state index is 0.161. The Labute approximate surface area is 144 Å². The Morgan fingerprint density at radius 1 is 1.24 bits per heavy atom. The molecule has 3 aromatic rings. The second kappa shape index (κ2) is 6.20. The molecule has 0 aliphatic carbocycles. The van der Waals surface area contributed by atoms with Crippen LogP contribution in [0.2, 0.25) is 0 Å². The van der Waals surface area contributed by atoms with Crippen LogP contribution in [-0.2, 0) is 7.05 Å². The number of pyridine rings is 1. The minimum Gasteiger partial charge on any atom is -0.467 e. The van der Waals surface area contributed by atoms with Crippen LogP contribution < -0.4 is 10.5 Å². The van der Waals surface area contributed by atoms with Gasteiger partial charge in [0.1, 0.15) is 17.5 Å². The number of hydrogen-bond donors (Lipinski definition) is 1. The Hall–Kier alpha value is -3.47. The fourth-order valence-electron chi connectivity index (χ4n) is 2.74. The van der Waals surface area contributed by atoms with E-state index in [1.165, 1.54) is 7.11 Å². The summed E-state index contributed by atoms with van der Waals surface area (Å²) in [5.41, 5.74) is 11.0. The maximum atomic E-state index is 9.48.